The van der Waals surface area contributed by atoms with Crippen LogP contribution in [-0.4, -0.2) is 5.78 Å². The van der Waals surface area contributed by atoms with E-state index in [0.717, 1.165) is 12.8 Å². The number of allylic oxidation sites excluding steroid dienone is 3. The molecule has 0 fully saturated rings. The lowest BCUT2D eigenvalue weighted by Crippen LogP contribution is -2.21. The molecule has 1 rings (SSSR count). The highest BCUT2D eigenvalue weighted by Gasteiger charge is 2.25. The fraction of sp³-hybridized carbons (Fsp3) is 0.583. The minimum atomic E-state index is 0.149. The van der Waals surface area contributed by atoms with Crippen LogP contribution in [0.5, 0.6) is 0 Å². The molecule has 13 heavy (non-hydrogen) atoms. The number of carbonyl (C=O) groups is 1. The van der Waals surface area contributed by atoms with Crippen LogP contribution >= 0.6 is 0 Å². The zero-order valence-corrected chi connectivity index (χ0v) is 8.76. The summed E-state index contributed by atoms with van der Waals surface area (Å²) in [6, 6.07) is 0. The smallest absolute Gasteiger partial charge is 0.136 e. The molecule has 2 unspecified atom stereocenters. The van der Waals surface area contributed by atoms with Crippen molar-refractivity contribution in [2.45, 2.75) is 33.6 Å². The van der Waals surface area contributed by atoms with Gasteiger partial charge in [0.25, 0.3) is 0 Å². The van der Waals surface area contributed by atoms with Gasteiger partial charge in [0.05, 0.1) is 0 Å². The van der Waals surface area contributed by atoms with Gasteiger partial charge in [0, 0.05) is 5.92 Å². The Hall–Kier alpha value is -0.850. The third-order valence-electron chi connectivity index (χ3n) is 2.98. The Morgan fingerprint density at radius 2 is 2.15 bits per heavy atom. The highest BCUT2D eigenvalue weighted by Crippen LogP contribution is 2.32. The molecule has 1 aliphatic rings. The lowest BCUT2D eigenvalue weighted by Gasteiger charge is -2.27. The van der Waals surface area contributed by atoms with Crippen molar-refractivity contribution in [2.24, 2.45) is 11.8 Å². The van der Waals surface area contributed by atoms with E-state index in [4.69, 9.17) is 0 Å². The van der Waals surface area contributed by atoms with E-state index in [-0.39, 0.29) is 5.92 Å². The molecule has 2 atom stereocenters. The zero-order chi connectivity index (χ0) is 10.0. The van der Waals surface area contributed by atoms with Gasteiger partial charge in [0.2, 0.25) is 0 Å². The molecule has 0 N–H and O–H groups in total. The molecule has 0 bridgehead atoms. The van der Waals surface area contributed by atoms with Gasteiger partial charge in [-0.05, 0) is 39.5 Å². The summed E-state index contributed by atoms with van der Waals surface area (Å²) in [4.78, 5) is 11.3. The first-order chi connectivity index (χ1) is 6.02. The monoisotopic (exact) mass is 178 g/mol. The minimum Gasteiger partial charge on any atom is -0.299 e. The molecule has 0 aromatic heterocycles. The summed E-state index contributed by atoms with van der Waals surface area (Å²) in [5, 5.41) is 0. The molecule has 0 amide bonds. The number of hydrogen-bond acceptors (Lipinski definition) is 1. The average Bonchev–Trinajstić information content (AvgIpc) is 2.04. The Labute approximate surface area is 80.5 Å². The maximum Gasteiger partial charge on any atom is 0.136 e. The normalized spacial score (nSPS) is 28.1. The van der Waals surface area contributed by atoms with Gasteiger partial charge >= 0.3 is 0 Å². The summed E-state index contributed by atoms with van der Waals surface area (Å²) in [6.45, 7) is 9.75. The van der Waals surface area contributed by atoms with Gasteiger partial charge in [-0.2, -0.15) is 0 Å². The number of ketones is 1. The maximum absolute atomic E-state index is 11.3. The van der Waals surface area contributed by atoms with Gasteiger partial charge < -0.3 is 0 Å². The van der Waals surface area contributed by atoms with Crippen LogP contribution in [0.1, 0.15) is 33.6 Å². The van der Waals surface area contributed by atoms with Crippen molar-refractivity contribution in [1.29, 1.82) is 0 Å². The predicted octanol–water partition coefficient (Wildman–Crippen LogP) is 3.12. The van der Waals surface area contributed by atoms with E-state index < -0.39 is 0 Å². The maximum atomic E-state index is 11.3. The zero-order valence-electron chi connectivity index (χ0n) is 8.76. The first kappa shape index (κ1) is 10.2. The van der Waals surface area contributed by atoms with Gasteiger partial charge in [0.15, 0.2) is 0 Å². The largest absolute Gasteiger partial charge is 0.299 e. The van der Waals surface area contributed by atoms with E-state index in [2.05, 4.69) is 26.5 Å². The average molecular weight is 178 g/mol. The number of rotatable bonds is 2. The Kier molecular flexibility index (Phi) is 3.07. The molecule has 1 aliphatic carbocycles. The second-order valence-electron chi connectivity index (χ2n) is 4.13. The predicted molar refractivity (Wildman–Crippen MR) is 55.5 cm³/mol. The summed E-state index contributed by atoms with van der Waals surface area (Å²) in [5.74, 6) is 0.952. The third kappa shape index (κ3) is 2.30. The second kappa shape index (κ2) is 3.91. The Bertz CT molecular complexity index is 260. The Morgan fingerprint density at radius 3 is 2.62 bits per heavy atom. The quantitative estimate of drug-likeness (QED) is 0.594. The first-order valence-electron chi connectivity index (χ1n) is 4.85. The van der Waals surface area contributed by atoms with E-state index in [9.17, 15) is 4.79 Å². The van der Waals surface area contributed by atoms with Gasteiger partial charge in [-0.1, -0.05) is 23.8 Å². The van der Waals surface area contributed by atoms with Crippen LogP contribution in [0.15, 0.2) is 23.8 Å². The fourth-order valence-electron chi connectivity index (χ4n) is 1.93. The van der Waals surface area contributed by atoms with Crippen LogP contribution < -0.4 is 0 Å². The number of hydrogen-bond donors (Lipinski definition) is 0. The summed E-state index contributed by atoms with van der Waals surface area (Å²) in [6.07, 6.45) is 4.22. The van der Waals surface area contributed by atoms with Crippen molar-refractivity contribution in [3.05, 3.63) is 23.8 Å². The Balaban J connectivity index is 2.77. The van der Waals surface area contributed by atoms with Gasteiger partial charge in [-0.15, -0.1) is 0 Å². The molecule has 0 aliphatic heterocycles. The van der Waals surface area contributed by atoms with Gasteiger partial charge in [-0.25, -0.2) is 0 Å². The van der Waals surface area contributed by atoms with Crippen LogP contribution in [0.25, 0.3) is 0 Å². The summed E-state index contributed by atoms with van der Waals surface area (Å²) in [5.41, 5.74) is 2.44. The Morgan fingerprint density at radius 1 is 1.54 bits per heavy atom. The molecule has 0 heterocycles. The van der Waals surface area contributed by atoms with Gasteiger partial charge in [0.1, 0.15) is 5.78 Å². The molecule has 0 radical (unpaired) electrons. The first-order valence-corrected chi connectivity index (χ1v) is 4.85. The van der Waals surface area contributed by atoms with Crippen molar-refractivity contribution >= 4 is 5.78 Å². The molecular formula is C12H18O. The molecule has 0 aromatic carbocycles. The lowest BCUT2D eigenvalue weighted by molar-refractivity contribution is -0.120. The molecule has 1 nitrogen and oxygen atoms in total. The van der Waals surface area contributed by atoms with E-state index in [0.29, 0.717) is 11.7 Å². The van der Waals surface area contributed by atoms with Crippen molar-refractivity contribution in [3.63, 3.8) is 0 Å². The van der Waals surface area contributed by atoms with Crippen molar-refractivity contribution in [2.75, 3.05) is 0 Å². The van der Waals surface area contributed by atoms with Crippen molar-refractivity contribution in [1.82, 2.24) is 0 Å². The summed E-state index contributed by atoms with van der Waals surface area (Å²) in [7, 11) is 0. The van der Waals surface area contributed by atoms with Crippen LogP contribution in [0.4, 0.5) is 0 Å². The van der Waals surface area contributed by atoms with E-state index in [1.165, 1.54) is 11.1 Å². The highest BCUT2D eigenvalue weighted by atomic mass is 16.1. The highest BCUT2D eigenvalue weighted by molar-refractivity contribution is 5.81. The minimum absolute atomic E-state index is 0.149. The van der Waals surface area contributed by atoms with Gasteiger partial charge in [-0.3, -0.25) is 4.79 Å². The molecule has 0 saturated heterocycles. The number of carbonyl (C=O) groups excluding carboxylic acids is 1. The van der Waals surface area contributed by atoms with Crippen molar-refractivity contribution < 1.29 is 4.79 Å². The van der Waals surface area contributed by atoms with Crippen LogP contribution in [0.3, 0.4) is 0 Å². The summed E-state index contributed by atoms with van der Waals surface area (Å²) < 4.78 is 0. The number of Topliss-reactive ketones (excluding diaryl/α,β-unsaturated/α-hetero) is 1. The second-order valence-corrected chi connectivity index (χ2v) is 4.13. The van der Waals surface area contributed by atoms with E-state index in [1.54, 1.807) is 6.92 Å². The van der Waals surface area contributed by atoms with E-state index >= 15 is 0 Å². The lowest BCUT2D eigenvalue weighted by atomic mass is 9.77. The SMILES string of the molecule is C=C(C)C1CC=C(C)C(C(C)=O)C1. The van der Waals surface area contributed by atoms with Crippen molar-refractivity contribution in [3.8, 4) is 0 Å². The molecule has 0 aromatic rings. The standard InChI is InChI=1S/C12H18O/c1-8(2)11-6-5-9(3)12(7-11)10(4)13/h5,11-12H,1,6-7H2,2-4H3. The topological polar surface area (TPSA) is 17.1 Å². The van der Waals surface area contributed by atoms with E-state index in [1.807, 2.05) is 0 Å². The molecule has 0 spiro atoms. The fourth-order valence-corrected chi connectivity index (χ4v) is 1.93. The summed E-state index contributed by atoms with van der Waals surface area (Å²) >= 11 is 0. The van der Waals surface area contributed by atoms with Crippen LogP contribution in [0, 0.1) is 11.8 Å². The van der Waals surface area contributed by atoms with Crippen LogP contribution in [0.2, 0.25) is 0 Å². The third-order valence-corrected chi connectivity index (χ3v) is 2.98. The molecular weight excluding hydrogens is 160 g/mol. The molecule has 0 saturated carbocycles. The van der Waals surface area contributed by atoms with Crippen LogP contribution in [-0.2, 0) is 4.79 Å². The molecule has 72 valence electrons. The molecule has 1 heteroatoms.